The molecule has 0 spiro atoms. The second kappa shape index (κ2) is 7.86. The summed E-state index contributed by atoms with van der Waals surface area (Å²) in [5.74, 6) is 0.970. The Labute approximate surface area is 164 Å². The second-order valence-electron chi connectivity index (χ2n) is 6.52. The van der Waals surface area contributed by atoms with E-state index in [9.17, 15) is 8.42 Å². The summed E-state index contributed by atoms with van der Waals surface area (Å²) in [6, 6.07) is 3.11. The molecular weight excluding hydrogens is 395 g/mol. The number of hydrogen-bond acceptors (Lipinski definition) is 4. The highest BCUT2D eigenvalue weighted by molar-refractivity contribution is 7.89. The summed E-state index contributed by atoms with van der Waals surface area (Å²) in [6.45, 7) is 4.79. The molecule has 1 aromatic heterocycles. The van der Waals surface area contributed by atoms with Crippen LogP contribution in [0.2, 0.25) is 10.0 Å². The van der Waals surface area contributed by atoms with Crippen molar-refractivity contribution in [2.45, 2.75) is 24.8 Å². The van der Waals surface area contributed by atoms with Crippen molar-refractivity contribution in [2.75, 3.05) is 26.2 Å². The van der Waals surface area contributed by atoms with Crippen molar-refractivity contribution in [1.82, 2.24) is 18.8 Å². The van der Waals surface area contributed by atoms with Crippen molar-refractivity contribution in [3.05, 3.63) is 46.0 Å². The van der Waals surface area contributed by atoms with Gasteiger partial charge in [0.15, 0.2) is 0 Å². The van der Waals surface area contributed by atoms with Gasteiger partial charge in [-0.15, -0.1) is 0 Å². The second-order valence-corrected chi connectivity index (χ2v) is 9.24. The summed E-state index contributed by atoms with van der Waals surface area (Å²) in [4.78, 5) is 6.73. The van der Waals surface area contributed by atoms with Gasteiger partial charge in [-0.3, -0.25) is 4.90 Å². The number of rotatable bonds is 4. The number of benzene rings is 1. The van der Waals surface area contributed by atoms with Crippen LogP contribution in [0.15, 0.2) is 29.4 Å². The van der Waals surface area contributed by atoms with E-state index in [1.807, 2.05) is 17.8 Å². The van der Waals surface area contributed by atoms with Gasteiger partial charge in [0.05, 0.1) is 11.6 Å². The molecule has 1 fully saturated rings. The van der Waals surface area contributed by atoms with Gasteiger partial charge in [0.2, 0.25) is 10.0 Å². The van der Waals surface area contributed by atoms with Crippen LogP contribution in [-0.2, 0) is 23.6 Å². The molecule has 0 amide bonds. The van der Waals surface area contributed by atoms with E-state index in [2.05, 4.69) is 9.88 Å². The van der Waals surface area contributed by atoms with E-state index in [-0.39, 0.29) is 9.92 Å². The average Bonchev–Trinajstić information content (AvgIpc) is 2.80. The van der Waals surface area contributed by atoms with Crippen LogP contribution in [0, 0.1) is 6.92 Å². The Kier molecular flexibility index (Phi) is 5.94. The van der Waals surface area contributed by atoms with Crippen molar-refractivity contribution in [1.29, 1.82) is 0 Å². The molecule has 0 bridgehead atoms. The van der Waals surface area contributed by atoms with Crippen LogP contribution in [0.25, 0.3) is 0 Å². The van der Waals surface area contributed by atoms with Crippen molar-refractivity contribution in [3.8, 4) is 0 Å². The van der Waals surface area contributed by atoms with Crippen molar-refractivity contribution >= 4 is 33.2 Å². The number of hydrogen-bond donors (Lipinski definition) is 0. The Morgan fingerprint density at radius 3 is 2.58 bits per heavy atom. The number of aromatic nitrogens is 2. The number of nitrogens with zero attached hydrogens (tertiary/aromatic N) is 4. The highest BCUT2D eigenvalue weighted by atomic mass is 35.5. The lowest BCUT2D eigenvalue weighted by Crippen LogP contribution is -2.35. The summed E-state index contributed by atoms with van der Waals surface area (Å²) >= 11 is 12.2. The molecule has 0 atom stereocenters. The molecule has 1 aliphatic heterocycles. The lowest BCUT2D eigenvalue weighted by Gasteiger charge is -2.23. The molecule has 3 rings (SSSR count). The van der Waals surface area contributed by atoms with E-state index in [0.717, 1.165) is 18.8 Å². The third-order valence-electron chi connectivity index (χ3n) is 4.63. The van der Waals surface area contributed by atoms with Gasteiger partial charge < -0.3 is 4.57 Å². The summed E-state index contributed by atoms with van der Waals surface area (Å²) in [7, 11) is -1.70. The zero-order valence-corrected chi connectivity index (χ0v) is 17.1. The predicted molar refractivity (Wildman–Crippen MR) is 103 cm³/mol. The molecule has 1 saturated heterocycles. The van der Waals surface area contributed by atoms with Gasteiger partial charge in [-0.2, -0.15) is 4.31 Å². The minimum atomic E-state index is -3.66. The van der Waals surface area contributed by atoms with Gasteiger partial charge in [0, 0.05) is 44.1 Å². The standard InChI is InChI=1S/C17H22Cl2N4O2S/c1-13-10-14(18)11-15(19)17(13)26(24,25)23-6-3-5-22(8-9-23)12-16-20-4-7-21(16)2/h4,7,10-11H,3,5-6,8-9,12H2,1-2H3. The molecular formula is C17H22Cl2N4O2S. The van der Waals surface area contributed by atoms with Crippen LogP contribution in [0.3, 0.4) is 0 Å². The third-order valence-corrected chi connectivity index (χ3v) is 7.36. The van der Waals surface area contributed by atoms with Gasteiger partial charge in [-0.1, -0.05) is 23.2 Å². The first-order valence-corrected chi connectivity index (χ1v) is 10.6. The van der Waals surface area contributed by atoms with Gasteiger partial charge in [-0.05, 0) is 37.6 Å². The van der Waals surface area contributed by atoms with Gasteiger partial charge in [0.25, 0.3) is 0 Å². The van der Waals surface area contributed by atoms with E-state index >= 15 is 0 Å². The minimum absolute atomic E-state index is 0.154. The Balaban J connectivity index is 1.77. The summed E-state index contributed by atoms with van der Waals surface area (Å²) in [5, 5.41) is 0.604. The number of sulfonamides is 1. The summed E-state index contributed by atoms with van der Waals surface area (Å²) in [5.41, 5.74) is 0.566. The van der Waals surface area contributed by atoms with Gasteiger partial charge in [-0.25, -0.2) is 13.4 Å². The molecule has 1 aromatic carbocycles. The maximum Gasteiger partial charge on any atom is 0.244 e. The van der Waals surface area contributed by atoms with Crippen LogP contribution in [0.1, 0.15) is 17.8 Å². The first-order valence-electron chi connectivity index (χ1n) is 8.43. The number of aryl methyl sites for hydroxylation is 2. The molecule has 9 heteroatoms. The minimum Gasteiger partial charge on any atom is -0.337 e. The zero-order chi connectivity index (χ0) is 18.9. The SMILES string of the molecule is Cc1cc(Cl)cc(Cl)c1S(=O)(=O)N1CCCN(Cc2nccn2C)CC1. The van der Waals surface area contributed by atoms with Gasteiger partial charge >= 0.3 is 0 Å². The summed E-state index contributed by atoms with van der Waals surface area (Å²) in [6.07, 6.45) is 4.44. The lowest BCUT2D eigenvalue weighted by atomic mass is 10.2. The molecule has 2 heterocycles. The Hall–Kier alpha value is -1.12. The molecule has 26 heavy (non-hydrogen) atoms. The average molecular weight is 417 g/mol. The van der Waals surface area contributed by atoms with Crippen LogP contribution in [0.4, 0.5) is 0 Å². The zero-order valence-electron chi connectivity index (χ0n) is 14.8. The fraction of sp³-hybridized carbons (Fsp3) is 0.471. The Morgan fingerprint density at radius 1 is 1.15 bits per heavy atom. The molecule has 1 aliphatic rings. The van der Waals surface area contributed by atoms with Crippen LogP contribution < -0.4 is 0 Å². The molecule has 2 aromatic rings. The Bertz CT molecular complexity index is 875. The van der Waals surface area contributed by atoms with Crippen LogP contribution in [-0.4, -0.2) is 53.4 Å². The normalized spacial score (nSPS) is 17.4. The van der Waals surface area contributed by atoms with E-state index in [1.165, 1.54) is 10.4 Å². The molecule has 0 N–H and O–H groups in total. The van der Waals surface area contributed by atoms with Crippen molar-refractivity contribution in [3.63, 3.8) is 0 Å². The van der Waals surface area contributed by atoms with E-state index in [4.69, 9.17) is 23.2 Å². The maximum absolute atomic E-state index is 13.1. The van der Waals surface area contributed by atoms with Crippen LogP contribution >= 0.6 is 23.2 Å². The number of imidazole rings is 1. The third kappa shape index (κ3) is 4.07. The quantitative estimate of drug-likeness (QED) is 0.768. The number of halogens is 2. The van der Waals surface area contributed by atoms with E-state index < -0.39 is 10.0 Å². The predicted octanol–water partition coefficient (Wildman–Crippen LogP) is 2.93. The molecule has 6 nitrogen and oxygen atoms in total. The molecule has 0 aliphatic carbocycles. The van der Waals surface area contributed by atoms with Crippen LogP contribution in [0.5, 0.6) is 0 Å². The molecule has 0 saturated carbocycles. The fourth-order valence-electron chi connectivity index (χ4n) is 3.24. The first-order chi connectivity index (χ1) is 12.3. The summed E-state index contributed by atoms with van der Waals surface area (Å²) < 4.78 is 29.8. The highest BCUT2D eigenvalue weighted by Gasteiger charge is 2.30. The lowest BCUT2D eigenvalue weighted by molar-refractivity contribution is 0.269. The smallest absolute Gasteiger partial charge is 0.244 e. The van der Waals surface area contributed by atoms with E-state index in [0.29, 0.717) is 36.8 Å². The molecule has 0 unspecified atom stereocenters. The van der Waals surface area contributed by atoms with Gasteiger partial charge in [0.1, 0.15) is 10.7 Å². The highest BCUT2D eigenvalue weighted by Crippen LogP contribution is 2.31. The maximum atomic E-state index is 13.1. The fourth-order valence-corrected chi connectivity index (χ4v) is 5.85. The first kappa shape index (κ1) is 19.6. The Morgan fingerprint density at radius 2 is 1.92 bits per heavy atom. The molecule has 142 valence electrons. The van der Waals surface area contributed by atoms with E-state index in [1.54, 1.807) is 19.2 Å². The topological polar surface area (TPSA) is 58.4 Å². The monoisotopic (exact) mass is 416 g/mol. The largest absolute Gasteiger partial charge is 0.337 e. The molecule has 0 radical (unpaired) electrons. The van der Waals surface area contributed by atoms with Crippen molar-refractivity contribution in [2.24, 2.45) is 7.05 Å². The van der Waals surface area contributed by atoms with Crippen molar-refractivity contribution < 1.29 is 8.42 Å².